The van der Waals surface area contributed by atoms with Gasteiger partial charge in [-0.15, -0.1) is 0 Å². The third-order valence-electron chi connectivity index (χ3n) is 3.94. The molecule has 0 N–H and O–H groups in total. The SMILES string of the molecule is CC.CC(C)C1(C)C=CC2=C(C=C1)N(C)CC2. The van der Waals surface area contributed by atoms with Gasteiger partial charge in [-0.1, -0.05) is 52.8 Å². The van der Waals surface area contributed by atoms with E-state index >= 15 is 0 Å². The van der Waals surface area contributed by atoms with Crippen LogP contribution in [0.15, 0.2) is 35.6 Å². The van der Waals surface area contributed by atoms with Crippen LogP contribution in [0.2, 0.25) is 0 Å². The fourth-order valence-electron chi connectivity index (χ4n) is 2.16. The van der Waals surface area contributed by atoms with Gasteiger partial charge in [0.1, 0.15) is 0 Å². The van der Waals surface area contributed by atoms with E-state index in [1.165, 1.54) is 17.7 Å². The highest BCUT2D eigenvalue weighted by molar-refractivity contribution is 5.40. The molecule has 96 valence electrons. The summed E-state index contributed by atoms with van der Waals surface area (Å²) in [7, 11) is 2.18. The molecular formula is C16H27N. The molecule has 0 fully saturated rings. The highest BCUT2D eigenvalue weighted by atomic mass is 15.1. The van der Waals surface area contributed by atoms with E-state index in [4.69, 9.17) is 0 Å². The lowest BCUT2D eigenvalue weighted by Gasteiger charge is -2.26. The standard InChI is InChI=1S/C14H21N.C2H6/c1-11(2)14(3)8-5-12-7-10-15(4)13(12)6-9-14;1-2/h5-6,8-9,11H,7,10H2,1-4H3;1-2H3. The molecule has 2 rings (SSSR count). The van der Waals surface area contributed by atoms with Crippen molar-refractivity contribution in [3.05, 3.63) is 35.6 Å². The number of rotatable bonds is 1. The molecule has 1 atom stereocenters. The van der Waals surface area contributed by atoms with E-state index in [1.807, 2.05) is 13.8 Å². The highest BCUT2D eigenvalue weighted by Crippen LogP contribution is 2.36. The van der Waals surface area contributed by atoms with Crippen molar-refractivity contribution < 1.29 is 0 Å². The van der Waals surface area contributed by atoms with E-state index in [-0.39, 0.29) is 5.41 Å². The van der Waals surface area contributed by atoms with Crippen LogP contribution in [0.4, 0.5) is 0 Å². The normalized spacial score (nSPS) is 26.9. The molecule has 1 heterocycles. The second-order valence-electron chi connectivity index (χ2n) is 5.27. The van der Waals surface area contributed by atoms with Crippen LogP contribution in [0.25, 0.3) is 0 Å². The van der Waals surface area contributed by atoms with E-state index in [9.17, 15) is 0 Å². The Labute approximate surface area is 107 Å². The monoisotopic (exact) mass is 233 g/mol. The molecular weight excluding hydrogens is 206 g/mol. The van der Waals surface area contributed by atoms with Crippen LogP contribution in [-0.4, -0.2) is 18.5 Å². The van der Waals surface area contributed by atoms with E-state index in [1.54, 1.807) is 0 Å². The van der Waals surface area contributed by atoms with Crippen molar-refractivity contribution >= 4 is 0 Å². The number of allylic oxidation sites excluding steroid dienone is 4. The van der Waals surface area contributed by atoms with Crippen LogP contribution in [0.5, 0.6) is 0 Å². The van der Waals surface area contributed by atoms with Crippen LogP contribution in [0, 0.1) is 11.3 Å². The molecule has 0 saturated heterocycles. The Morgan fingerprint density at radius 2 is 1.76 bits per heavy atom. The Kier molecular flexibility index (Phi) is 4.62. The minimum atomic E-state index is 0.213. The molecule has 0 aromatic carbocycles. The fraction of sp³-hybridized carbons (Fsp3) is 0.625. The molecule has 0 bridgehead atoms. The minimum absolute atomic E-state index is 0.213. The molecule has 1 aliphatic carbocycles. The first-order chi connectivity index (χ1) is 8.03. The molecule has 17 heavy (non-hydrogen) atoms. The number of likely N-dealkylation sites (N-methyl/N-ethyl adjacent to an activating group) is 1. The Morgan fingerprint density at radius 3 is 2.35 bits per heavy atom. The van der Waals surface area contributed by atoms with Crippen molar-refractivity contribution in [3.63, 3.8) is 0 Å². The summed E-state index contributed by atoms with van der Waals surface area (Å²) in [6, 6.07) is 0. The Balaban J connectivity index is 0.000000686. The first kappa shape index (κ1) is 14.1. The van der Waals surface area contributed by atoms with Crippen molar-refractivity contribution in [2.45, 2.75) is 41.0 Å². The van der Waals surface area contributed by atoms with Gasteiger partial charge >= 0.3 is 0 Å². The molecule has 1 unspecified atom stereocenters. The van der Waals surface area contributed by atoms with E-state index < -0.39 is 0 Å². The summed E-state index contributed by atoms with van der Waals surface area (Å²) in [5, 5.41) is 0. The summed E-state index contributed by atoms with van der Waals surface area (Å²) >= 11 is 0. The number of hydrogen-bond acceptors (Lipinski definition) is 1. The molecule has 1 nitrogen and oxygen atoms in total. The highest BCUT2D eigenvalue weighted by Gasteiger charge is 2.26. The van der Waals surface area contributed by atoms with Gasteiger partial charge in [0.05, 0.1) is 0 Å². The van der Waals surface area contributed by atoms with Crippen LogP contribution >= 0.6 is 0 Å². The summed E-state index contributed by atoms with van der Waals surface area (Å²) in [4.78, 5) is 2.35. The van der Waals surface area contributed by atoms with Crippen molar-refractivity contribution in [2.75, 3.05) is 13.6 Å². The summed E-state index contributed by atoms with van der Waals surface area (Å²) < 4.78 is 0. The van der Waals surface area contributed by atoms with Crippen LogP contribution in [0.1, 0.15) is 41.0 Å². The molecule has 1 heteroatoms. The molecule has 2 aliphatic rings. The molecule has 0 amide bonds. The van der Waals surface area contributed by atoms with Crippen molar-refractivity contribution in [1.29, 1.82) is 0 Å². The maximum absolute atomic E-state index is 2.37. The van der Waals surface area contributed by atoms with Crippen molar-refractivity contribution in [1.82, 2.24) is 4.90 Å². The van der Waals surface area contributed by atoms with E-state index in [0.29, 0.717) is 5.92 Å². The average Bonchev–Trinajstić information content (AvgIpc) is 2.57. The summed E-state index contributed by atoms with van der Waals surface area (Å²) in [5.41, 5.74) is 3.12. The second kappa shape index (κ2) is 5.57. The maximum atomic E-state index is 2.37. The molecule has 0 radical (unpaired) electrons. The lowest BCUT2D eigenvalue weighted by atomic mass is 9.79. The zero-order valence-corrected chi connectivity index (χ0v) is 12.2. The van der Waals surface area contributed by atoms with Gasteiger partial charge in [-0.05, 0) is 24.0 Å². The molecule has 0 aromatic rings. The maximum Gasteiger partial charge on any atom is 0.0393 e. The van der Waals surface area contributed by atoms with Crippen LogP contribution in [-0.2, 0) is 0 Å². The predicted molar refractivity (Wildman–Crippen MR) is 76.8 cm³/mol. The smallest absolute Gasteiger partial charge is 0.0393 e. The van der Waals surface area contributed by atoms with Gasteiger partial charge in [0.25, 0.3) is 0 Å². The van der Waals surface area contributed by atoms with Gasteiger partial charge in [0.2, 0.25) is 0 Å². The third kappa shape index (κ3) is 2.83. The van der Waals surface area contributed by atoms with Gasteiger partial charge in [-0.25, -0.2) is 0 Å². The quantitative estimate of drug-likeness (QED) is 0.649. The molecule has 0 spiro atoms. The minimum Gasteiger partial charge on any atom is -0.374 e. The zero-order chi connectivity index (χ0) is 13.1. The molecule has 0 aromatic heterocycles. The van der Waals surface area contributed by atoms with Gasteiger partial charge in [0.15, 0.2) is 0 Å². The second-order valence-corrected chi connectivity index (χ2v) is 5.27. The first-order valence-electron chi connectivity index (χ1n) is 6.86. The van der Waals surface area contributed by atoms with Crippen LogP contribution < -0.4 is 0 Å². The predicted octanol–water partition coefficient (Wildman–Crippen LogP) is 4.39. The zero-order valence-electron chi connectivity index (χ0n) is 12.2. The van der Waals surface area contributed by atoms with Gasteiger partial charge in [-0.3, -0.25) is 0 Å². The largest absolute Gasteiger partial charge is 0.374 e. The lowest BCUT2D eigenvalue weighted by molar-refractivity contribution is 0.381. The van der Waals surface area contributed by atoms with Gasteiger partial charge in [-0.2, -0.15) is 0 Å². The fourth-order valence-corrected chi connectivity index (χ4v) is 2.16. The Hall–Kier alpha value is -0.980. The first-order valence-corrected chi connectivity index (χ1v) is 6.86. The van der Waals surface area contributed by atoms with E-state index in [0.717, 1.165) is 6.54 Å². The van der Waals surface area contributed by atoms with Crippen molar-refractivity contribution in [2.24, 2.45) is 11.3 Å². The molecule has 0 saturated carbocycles. The third-order valence-corrected chi connectivity index (χ3v) is 3.94. The topological polar surface area (TPSA) is 3.24 Å². The summed E-state index contributed by atoms with van der Waals surface area (Å²) in [5.74, 6) is 0.648. The number of hydrogen-bond donors (Lipinski definition) is 0. The Bertz CT molecular complexity index is 347. The van der Waals surface area contributed by atoms with Gasteiger partial charge in [0, 0.05) is 24.7 Å². The lowest BCUT2D eigenvalue weighted by Crippen LogP contribution is -2.18. The number of nitrogens with zero attached hydrogens (tertiary/aromatic N) is 1. The average molecular weight is 233 g/mol. The van der Waals surface area contributed by atoms with Crippen LogP contribution in [0.3, 0.4) is 0 Å². The summed E-state index contributed by atoms with van der Waals surface area (Å²) in [6.07, 6.45) is 10.6. The van der Waals surface area contributed by atoms with E-state index in [2.05, 4.69) is 57.0 Å². The molecule has 1 aliphatic heterocycles. The van der Waals surface area contributed by atoms with Crippen molar-refractivity contribution in [3.8, 4) is 0 Å². The Morgan fingerprint density at radius 1 is 1.18 bits per heavy atom. The van der Waals surface area contributed by atoms with Gasteiger partial charge < -0.3 is 4.90 Å². The summed E-state index contributed by atoms with van der Waals surface area (Å²) in [6.45, 7) is 12.0.